The first kappa shape index (κ1) is 24.4. The van der Waals surface area contributed by atoms with Gasteiger partial charge in [-0.2, -0.15) is 9.69 Å². The number of nitro benzene ring substituents is 2. The molecule has 4 aromatic carbocycles. The molecule has 1 aliphatic heterocycles. The Morgan fingerprint density at radius 1 is 0.711 bits per heavy atom. The largest absolute Gasteiger partial charge is 0.374 e. The van der Waals surface area contributed by atoms with Crippen molar-refractivity contribution < 1.29 is 24.3 Å². The fraction of sp³-hybridized carbons (Fsp3) is 0.0741. The van der Waals surface area contributed by atoms with Gasteiger partial charge in [0.2, 0.25) is 17.1 Å². The Balaban J connectivity index is 1.74. The van der Waals surface area contributed by atoms with Gasteiger partial charge in [0, 0.05) is 54.1 Å². The van der Waals surface area contributed by atoms with E-state index in [1.807, 2.05) is 6.07 Å². The van der Waals surface area contributed by atoms with Gasteiger partial charge in [-0.3, -0.25) is 20.2 Å². The van der Waals surface area contributed by atoms with Crippen LogP contribution in [0.1, 0.15) is 11.1 Å². The average Bonchev–Trinajstić information content (AvgIpc) is 3.28. The van der Waals surface area contributed by atoms with E-state index in [1.165, 1.54) is 57.9 Å². The SMILES string of the molecule is C=[N+](c1ccc([N+](=O)[O-])cc1)[C@]1(c2ccccc2)[N-][N+](c2ccc([N+](=O)[O-])cc2)=N[C@@]1(O)c1ccccc1. The van der Waals surface area contributed by atoms with E-state index in [9.17, 15) is 25.3 Å². The zero-order valence-corrected chi connectivity index (χ0v) is 19.9. The molecule has 11 heteroatoms. The molecule has 4 aromatic rings. The molecule has 0 saturated heterocycles. The lowest BCUT2D eigenvalue weighted by Gasteiger charge is -2.38. The van der Waals surface area contributed by atoms with Gasteiger partial charge in [-0.05, 0) is 5.56 Å². The number of benzene rings is 4. The van der Waals surface area contributed by atoms with Crippen LogP contribution in [0, 0.1) is 20.2 Å². The Bertz CT molecular complexity index is 1560. The number of non-ortho nitro benzene ring substituents is 2. The number of nitro groups is 2. The third kappa shape index (κ3) is 3.87. The minimum atomic E-state index is -2.04. The van der Waals surface area contributed by atoms with Crippen LogP contribution in [0.3, 0.4) is 0 Å². The molecule has 38 heavy (non-hydrogen) atoms. The molecule has 5 rings (SSSR count). The van der Waals surface area contributed by atoms with Crippen LogP contribution < -0.4 is 0 Å². The monoisotopic (exact) mass is 509 g/mol. The summed E-state index contributed by atoms with van der Waals surface area (Å²) in [6.07, 6.45) is 0. The Labute approximate surface area is 216 Å². The van der Waals surface area contributed by atoms with Gasteiger partial charge < -0.3 is 5.11 Å². The number of azo groups is 1. The lowest BCUT2D eigenvalue weighted by atomic mass is 9.83. The van der Waals surface area contributed by atoms with Crippen molar-refractivity contribution in [3.8, 4) is 0 Å². The Morgan fingerprint density at radius 3 is 1.66 bits per heavy atom. The first-order valence-electron chi connectivity index (χ1n) is 11.4. The summed E-state index contributed by atoms with van der Waals surface area (Å²) in [7, 11) is 0. The van der Waals surface area contributed by atoms with Crippen molar-refractivity contribution in [2.75, 3.05) is 0 Å². The molecule has 0 saturated carbocycles. The molecule has 0 radical (unpaired) electrons. The summed E-state index contributed by atoms with van der Waals surface area (Å²) in [6, 6.07) is 29.0. The quantitative estimate of drug-likeness (QED) is 0.149. The van der Waals surface area contributed by atoms with Crippen LogP contribution >= 0.6 is 0 Å². The van der Waals surface area contributed by atoms with Gasteiger partial charge in [0.25, 0.3) is 17.0 Å². The van der Waals surface area contributed by atoms with E-state index in [0.717, 1.165) is 0 Å². The smallest absolute Gasteiger partial charge is 0.294 e. The fourth-order valence-electron chi connectivity index (χ4n) is 4.46. The summed E-state index contributed by atoms with van der Waals surface area (Å²) in [4.78, 5) is 22.6. The Hall–Kier alpha value is -5.29. The van der Waals surface area contributed by atoms with Crippen LogP contribution in [-0.2, 0) is 11.4 Å². The van der Waals surface area contributed by atoms with Gasteiger partial charge in [0.05, 0.1) is 9.85 Å². The standard InChI is InChI=1S/C27H21N6O5/c1-30(22-12-16-24(17-13-22)32(35)36)26(20-8-4-2-5-9-20)27(34,21-10-6-3-7-11-21)29-31(28-26)23-14-18-25(19-15-23)33(37)38/h2-19,34H,1H2/q+1/t26-,27+/m0/s1. The second-order valence-electron chi connectivity index (χ2n) is 8.54. The van der Waals surface area contributed by atoms with Crippen LogP contribution in [0.15, 0.2) is 114 Å². The van der Waals surface area contributed by atoms with Crippen molar-refractivity contribution >= 4 is 29.5 Å². The lowest BCUT2D eigenvalue weighted by Crippen LogP contribution is -2.51. The van der Waals surface area contributed by atoms with Crippen molar-refractivity contribution in [2.45, 2.75) is 11.4 Å². The van der Waals surface area contributed by atoms with Crippen molar-refractivity contribution in [1.29, 1.82) is 0 Å². The van der Waals surface area contributed by atoms with Crippen molar-refractivity contribution in [3.05, 3.63) is 146 Å². The van der Waals surface area contributed by atoms with E-state index in [4.69, 9.17) is 5.43 Å². The number of rotatable bonds is 7. The van der Waals surface area contributed by atoms with Crippen molar-refractivity contribution in [2.24, 2.45) is 5.11 Å². The minimum Gasteiger partial charge on any atom is -0.374 e. The number of hydrogen-bond acceptors (Lipinski definition) is 6. The molecular formula is C27H21N6O5+. The molecule has 0 bridgehead atoms. The highest BCUT2D eigenvalue weighted by atomic mass is 16.6. The zero-order valence-electron chi connectivity index (χ0n) is 19.9. The van der Waals surface area contributed by atoms with E-state index >= 15 is 0 Å². The predicted molar refractivity (Wildman–Crippen MR) is 137 cm³/mol. The van der Waals surface area contributed by atoms with E-state index < -0.39 is 21.2 Å². The van der Waals surface area contributed by atoms with Crippen LogP contribution in [0.5, 0.6) is 0 Å². The molecule has 1 N–H and O–H groups in total. The summed E-state index contributed by atoms with van der Waals surface area (Å²) in [5, 5.41) is 39.5. The number of hydrogen-bond donors (Lipinski definition) is 1. The fourth-order valence-corrected chi connectivity index (χ4v) is 4.46. The molecule has 1 heterocycles. The highest BCUT2D eigenvalue weighted by Gasteiger charge is 2.65. The van der Waals surface area contributed by atoms with Crippen LogP contribution in [0.25, 0.3) is 5.43 Å². The maximum atomic E-state index is 12.5. The van der Waals surface area contributed by atoms with Gasteiger partial charge in [-0.1, -0.05) is 60.7 Å². The summed E-state index contributed by atoms with van der Waals surface area (Å²) in [6.45, 7) is 4.23. The summed E-state index contributed by atoms with van der Waals surface area (Å²) in [5.74, 6) is 0. The van der Waals surface area contributed by atoms with Crippen molar-refractivity contribution in [3.63, 3.8) is 0 Å². The van der Waals surface area contributed by atoms with Crippen LogP contribution in [0.2, 0.25) is 0 Å². The second-order valence-corrected chi connectivity index (χ2v) is 8.54. The highest BCUT2D eigenvalue weighted by molar-refractivity contribution is 5.47. The van der Waals surface area contributed by atoms with Gasteiger partial charge in [-0.25, -0.2) is 0 Å². The van der Waals surface area contributed by atoms with Crippen molar-refractivity contribution in [1.82, 2.24) is 0 Å². The molecule has 0 amide bonds. The summed E-state index contributed by atoms with van der Waals surface area (Å²) < 4.78 is 1.47. The van der Waals surface area contributed by atoms with E-state index in [-0.39, 0.29) is 11.4 Å². The molecule has 0 unspecified atom stereocenters. The summed E-state index contributed by atoms with van der Waals surface area (Å²) >= 11 is 0. The number of nitrogens with zero attached hydrogens (tertiary/aromatic N) is 6. The molecular weight excluding hydrogens is 488 g/mol. The van der Waals surface area contributed by atoms with E-state index in [0.29, 0.717) is 22.5 Å². The zero-order chi connectivity index (χ0) is 26.9. The Morgan fingerprint density at radius 2 is 1.16 bits per heavy atom. The molecule has 1 aliphatic rings. The molecule has 0 aromatic heterocycles. The maximum Gasteiger partial charge on any atom is 0.294 e. The van der Waals surface area contributed by atoms with Gasteiger partial charge in [0.1, 0.15) is 6.72 Å². The van der Waals surface area contributed by atoms with Gasteiger partial charge in [0.15, 0.2) is 0 Å². The highest BCUT2D eigenvalue weighted by Crippen LogP contribution is 2.55. The van der Waals surface area contributed by atoms with E-state index in [2.05, 4.69) is 11.8 Å². The topological polar surface area (TPSA) is 139 Å². The van der Waals surface area contributed by atoms with Crippen LogP contribution in [0.4, 0.5) is 22.7 Å². The van der Waals surface area contributed by atoms with Gasteiger partial charge >= 0.3 is 0 Å². The minimum absolute atomic E-state index is 0.102. The van der Waals surface area contributed by atoms with Crippen LogP contribution in [-0.4, -0.2) is 31.1 Å². The lowest BCUT2D eigenvalue weighted by molar-refractivity contribution is -0.570. The van der Waals surface area contributed by atoms with E-state index in [1.54, 1.807) is 54.6 Å². The van der Waals surface area contributed by atoms with Gasteiger partial charge in [-0.15, -0.1) is 10.2 Å². The number of aliphatic hydroxyl groups is 1. The predicted octanol–water partition coefficient (Wildman–Crippen LogP) is 5.64. The Kier molecular flexibility index (Phi) is 5.97. The maximum absolute atomic E-state index is 12.5. The average molecular weight is 510 g/mol. The molecule has 0 aliphatic carbocycles. The first-order valence-corrected chi connectivity index (χ1v) is 11.4. The second kappa shape index (κ2) is 9.30. The summed E-state index contributed by atoms with van der Waals surface area (Å²) in [5.41, 5.74) is 2.69. The molecule has 0 fully saturated rings. The normalized spacial score (nSPS) is 20.3. The molecule has 0 spiro atoms. The molecule has 11 nitrogen and oxygen atoms in total. The third-order valence-electron chi connectivity index (χ3n) is 6.37. The molecule has 2 atom stereocenters. The molecule has 188 valence electrons. The third-order valence-corrected chi connectivity index (χ3v) is 6.37. The first-order chi connectivity index (χ1) is 18.3.